The molecule has 30 heavy (non-hydrogen) atoms. The predicted octanol–water partition coefficient (Wildman–Crippen LogP) is 5.37. The maximum Gasteiger partial charge on any atom is 0.229 e. The molecule has 0 fully saturated rings. The fourth-order valence-electron chi connectivity index (χ4n) is 3.70. The van der Waals surface area contributed by atoms with Crippen molar-refractivity contribution in [2.75, 3.05) is 27.8 Å². The molecule has 5 nitrogen and oxygen atoms in total. The number of ether oxygens (including phenoxy) is 4. The van der Waals surface area contributed by atoms with Crippen LogP contribution < -0.4 is 13.9 Å². The summed E-state index contributed by atoms with van der Waals surface area (Å²) in [6.07, 6.45) is 5.46. The standard InChI is InChI=1S/C24H32O5Si/c1-25-16-27-22-13-14-23(24(15-22)28-17-26-2)20-7-5-18(6-8-20)19-9-11-21(12-10-19)29-30(3)4/h7,9-15,18,30H,5-6,8,16-17H2,1-4H3. The lowest BCUT2D eigenvalue weighted by atomic mass is 9.82. The van der Waals surface area contributed by atoms with Crippen LogP contribution in [0.5, 0.6) is 17.2 Å². The molecule has 0 bridgehead atoms. The Bertz CT molecular complexity index is 832. The molecule has 1 atom stereocenters. The Kier molecular flexibility index (Phi) is 8.36. The fourth-order valence-corrected chi connectivity index (χ4v) is 4.40. The summed E-state index contributed by atoms with van der Waals surface area (Å²) >= 11 is 0. The third kappa shape index (κ3) is 6.11. The number of hydrogen-bond donors (Lipinski definition) is 0. The van der Waals surface area contributed by atoms with Crippen LogP contribution in [0.15, 0.2) is 48.5 Å². The Morgan fingerprint density at radius 3 is 2.23 bits per heavy atom. The Balaban J connectivity index is 1.72. The quantitative estimate of drug-likeness (QED) is 0.376. The van der Waals surface area contributed by atoms with Crippen molar-refractivity contribution in [3.05, 3.63) is 59.7 Å². The molecule has 0 saturated heterocycles. The van der Waals surface area contributed by atoms with Crippen LogP contribution in [0.1, 0.15) is 36.3 Å². The summed E-state index contributed by atoms with van der Waals surface area (Å²) in [5.74, 6) is 3.01. The van der Waals surface area contributed by atoms with Crippen LogP contribution in [0.25, 0.3) is 5.57 Å². The van der Waals surface area contributed by atoms with Crippen LogP contribution >= 0.6 is 0 Å². The van der Waals surface area contributed by atoms with Gasteiger partial charge in [-0.2, -0.15) is 0 Å². The number of benzene rings is 2. The second-order valence-electron chi connectivity index (χ2n) is 7.70. The molecule has 162 valence electrons. The van der Waals surface area contributed by atoms with Crippen LogP contribution in [-0.4, -0.2) is 36.8 Å². The molecule has 0 aliphatic heterocycles. The van der Waals surface area contributed by atoms with Crippen molar-refractivity contribution in [3.8, 4) is 17.2 Å². The van der Waals surface area contributed by atoms with Gasteiger partial charge in [0.25, 0.3) is 0 Å². The van der Waals surface area contributed by atoms with E-state index in [2.05, 4.69) is 49.5 Å². The fraction of sp³-hybridized carbons (Fsp3) is 0.417. The van der Waals surface area contributed by atoms with Crippen molar-refractivity contribution >= 4 is 14.6 Å². The van der Waals surface area contributed by atoms with Crippen LogP contribution in [0, 0.1) is 0 Å². The van der Waals surface area contributed by atoms with E-state index in [1.807, 2.05) is 12.1 Å². The van der Waals surface area contributed by atoms with Gasteiger partial charge in [-0.3, -0.25) is 0 Å². The Morgan fingerprint density at radius 2 is 1.60 bits per heavy atom. The van der Waals surface area contributed by atoms with Gasteiger partial charge in [0.1, 0.15) is 17.2 Å². The molecule has 0 spiro atoms. The summed E-state index contributed by atoms with van der Waals surface area (Å²) in [4.78, 5) is 0. The molecule has 0 saturated carbocycles. The maximum atomic E-state index is 5.90. The second kappa shape index (κ2) is 11.2. The molecule has 2 aromatic carbocycles. The summed E-state index contributed by atoms with van der Waals surface area (Å²) in [5.41, 5.74) is 3.78. The maximum absolute atomic E-state index is 5.90. The van der Waals surface area contributed by atoms with Crippen molar-refractivity contribution in [2.24, 2.45) is 0 Å². The van der Waals surface area contributed by atoms with Gasteiger partial charge in [-0.25, -0.2) is 0 Å². The van der Waals surface area contributed by atoms with Crippen LogP contribution in [0.2, 0.25) is 13.1 Å². The zero-order chi connectivity index (χ0) is 21.3. The van der Waals surface area contributed by atoms with Crippen LogP contribution in [0.3, 0.4) is 0 Å². The van der Waals surface area contributed by atoms with E-state index >= 15 is 0 Å². The van der Waals surface area contributed by atoms with Crippen LogP contribution in [0.4, 0.5) is 0 Å². The van der Waals surface area contributed by atoms with E-state index in [0.29, 0.717) is 11.7 Å². The summed E-state index contributed by atoms with van der Waals surface area (Å²) in [6.45, 7) is 4.77. The van der Waals surface area contributed by atoms with Crippen molar-refractivity contribution in [1.82, 2.24) is 0 Å². The van der Waals surface area contributed by atoms with Gasteiger partial charge in [-0.05, 0) is 73.7 Å². The monoisotopic (exact) mass is 428 g/mol. The van der Waals surface area contributed by atoms with Crippen molar-refractivity contribution < 1.29 is 23.4 Å². The summed E-state index contributed by atoms with van der Waals surface area (Å²) in [6, 6.07) is 14.6. The molecule has 0 radical (unpaired) electrons. The number of rotatable bonds is 10. The lowest BCUT2D eigenvalue weighted by Gasteiger charge is -2.24. The third-order valence-corrected chi connectivity index (χ3v) is 5.85. The zero-order valence-electron chi connectivity index (χ0n) is 18.4. The van der Waals surface area contributed by atoms with Gasteiger partial charge in [-0.1, -0.05) is 18.2 Å². The zero-order valence-corrected chi connectivity index (χ0v) is 19.5. The van der Waals surface area contributed by atoms with E-state index < -0.39 is 9.04 Å². The summed E-state index contributed by atoms with van der Waals surface area (Å²) in [5, 5.41) is 0. The SMILES string of the molecule is COCOc1ccc(C2=CCC(c3ccc(O[SiH](C)C)cc3)CC2)c(OCOC)c1. The van der Waals surface area contributed by atoms with Crippen LogP contribution in [-0.2, 0) is 9.47 Å². The second-order valence-corrected chi connectivity index (χ2v) is 10.0. The molecule has 0 aromatic heterocycles. The highest BCUT2D eigenvalue weighted by atomic mass is 28.3. The molecule has 0 N–H and O–H groups in total. The lowest BCUT2D eigenvalue weighted by Crippen LogP contribution is -2.11. The highest BCUT2D eigenvalue weighted by Crippen LogP contribution is 2.40. The molecular formula is C24H32O5Si. The summed E-state index contributed by atoms with van der Waals surface area (Å²) < 4.78 is 27.4. The van der Waals surface area contributed by atoms with E-state index in [-0.39, 0.29) is 13.6 Å². The lowest BCUT2D eigenvalue weighted by molar-refractivity contribution is 0.0459. The first kappa shape index (κ1) is 22.4. The largest absolute Gasteiger partial charge is 0.547 e. The Labute approximate surface area is 181 Å². The molecule has 0 amide bonds. The first-order valence-corrected chi connectivity index (χ1v) is 13.2. The molecular weight excluding hydrogens is 396 g/mol. The summed E-state index contributed by atoms with van der Waals surface area (Å²) in [7, 11) is 2.16. The van der Waals surface area contributed by atoms with Gasteiger partial charge in [0.15, 0.2) is 13.6 Å². The van der Waals surface area contributed by atoms with Crippen molar-refractivity contribution in [1.29, 1.82) is 0 Å². The first-order valence-electron chi connectivity index (χ1n) is 10.4. The third-order valence-electron chi connectivity index (χ3n) is 5.11. The molecule has 0 heterocycles. The predicted molar refractivity (Wildman–Crippen MR) is 122 cm³/mol. The number of hydrogen-bond acceptors (Lipinski definition) is 5. The van der Waals surface area contributed by atoms with Gasteiger partial charge in [0.2, 0.25) is 9.04 Å². The minimum absolute atomic E-state index is 0.199. The number of methoxy groups -OCH3 is 2. The highest BCUT2D eigenvalue weighted by molar-refractivity contribution is 6.49. The van der Waals surface area contributed by atoms with Crippen molar-refractivity contribution in [3.63, 3.8) is 0 Å². The van der Waals surface area contributed by atoms with E-state index in [1.165, 1.54) is 11.1 Å². The Hall–Kier alpha value is -2.28. The van der Waals surface area contributed by atoms with Gasteiger partial charge < -0.3 is 23.4 Å². The normalized spacial score (nSPS) is 16.3. The van der Waals surface area contributed by atoms with E-state index in [4.69, 9.17) is 23.4 Å². The number of allylic oxidation sites excluding steroid dienone is 2. The molecule has 3 rings (SSSR count). The molecule has 1 aliphatic rings. The Morgan fingerprint density at radius 1 is 0.900 bits per heavy atom. The molecule has 2 aromatic rings. The highest BCUT2D eigenvalue weighted by Gasteiger charge is 2.20. The molecule has 6 heteroatoms. The molecule has 1 unspecified atom stereocenters. The smallest absolute Gasteiger partial charge is 0.229 e. The average molecular weight is 429 g/mol. The van der Waals surface area contributed by atoms with Gasteiger partial charge in [0, 0.05) is 25.8 Å². The molecule has 1 aliphatic carbocycles. The van der Waals surface area contributed by atoms with E-state index in [1.54, 1.807) is 14.2 Å². The average Bonchev–Trinajstić information content (AvgIpc) is 2.76. The van der Waals surface area contributed by atoms with E-state index in [9.17, 15) is 0 Å². The topological polar surface area (TPSA) is 46.2 Å². The minimum Gasteiger partial charge on any atom is -0.547 e. The van der Waals surface area contributed by atoms with Crippen molar-refractivity contribution in [2.45, 2.75) is 38.3 Å². The van der Waals surface area contributed by atoms with E-state index in [0.717, 1.165) is 36.3 Å². The first-order chi connectivity index (χ1) is 14.6. The minimum atomic E-state index is -1.06. The van der Waals surface area contributed by atoms with Gasteiger partial charge >= 0.3 is 0 Å². The van der Waals surface area contributed by atoms with Gasteiger partial charge in [0.05, 0.1) is 0 Å². The van der Waals surface area contributed by atoms with Gasteiger partial charge in [-0.15, -0.1) is 0 Å².